The third kappa shape index (κ3) is 3.78. The van der Waals surface area contributed by atoms with Gasteiger partial charge in [-0.25, -0.2) is 22.2 Å². The van der Waals surface area contributed by atoms with E-state index in [4.69, 9.17) is 0 Å². The second-order valence-corrected chi connectivity index (χ2v) is 10.7. The van der Waals surface area contributed by atoms with Crippen LogP contribution in [0.3, 0.4) is 0 Å². The van der Waals surface area contributed by atoms with Gasteiger partial charge in [0.25, 0.3) is 0 Å². The summed E-state index contributed by atoms with van der Waals surface area (Å²) in [4.78, 5) is 16.0. The quantitative estimate of drug-likeness (QED) is 0.841. The van der Waals surface area contributed by atoms with Crippen LogP contribution >= 0.6 is 11.3 Å². The third-order valence-corrected chi connectivity index (χ3v) is 7.07. The topological polar surface area (TPSA) is 76.1 Å². The van der Waals surface area contributed by atoms with Crippen molar-refractivity contribution in [2.75, 3.05) is 5.32 Å². The fraction of sp³-hybridized carbons (Fsp3) is 0.412. The summed E-state index contributed by atoms with van der Waals surface area (Å²) >= 11 is 1.16. The van der Waals surface area contributed by atoms with E-state index in [1.807, 2.05) is 20.8 Å². The summed E-state index contributed by atoms with van der Waals surface area (Å²) in [6.45, 7) is 8.14. The Morgan fingerprint density at radius 1 is 1.15 bits per heavy atom. The van der Waals surface area contributed by atoms with E-state index in [1.54, 1.807) is 5.38 Å². The Morgan fingerprint density at radius 3 is 2.31 bits per heavy atom. The van der Waals surface area contributed by atoms with E-state index in [0.717, 1.165) is 36.9 Å². The Morgan fingerprint density at radius 2 is 1.77 bits per heavy atom. The first-order valence-corrected chi connectivity index (χ1v) is 10.1. The number of carbonyl (C=O) groups is 1. The van der Waals surface area contributed by atoms with Crippen LogP contribution < -0.4 is 5.32 Å². The molecule has 1 aromatic heterocycles. The second-order valence-electron chi connectivity index (χ2n) is 7.33. The fourth-order valence-corrected chi connectivity index (χ4v) is 4.37. The maximum absolute atomic E-state index is 13.9. The molecule has 5 nitrogen and oxygen atoms in total. The Labute approximate surface area is 155 Å². The van der Waals surface area contributed by atoms with Gasteiger partial charge >= 0.3 is 0 Å². The maximum Gasteiger partial charge on any atom is 0.247 e. The van der Waals surface area contributed by atoms with Crippen LogP contribution in [0, 0.1) is 11.6 Å². The van der Waals surface area contributed by atoms with Crippen LogP contribution in [0.5, 0.6) is 0 Å². The van der Waals surface area contributed by atoms with Gasteiger partial charge < -0.3 is 5.32 Å². The number of hydrogen-bond acceptors (Lipinski definition) is 5. The Hall–Kier alpha value is -1.87. The Kier molecular flexibility index (Phi) is 5.26. The second kappa shape index (κ2) is 6.70. The van der Waals surface area contributed by atoms with Crippen LogP contribution in [-0.4, -0.2) is 24.1 Å². The summed E-state index contributed by atoms with van der Waals surface area (Å²) in [6, 6.07) is 2.10. The summed E-state index contributed by atoms with van der Waals surface area (Å²) in [7, 11) is -4.48. The number of nitrogens with zero attached hydrogens (tertiary/aromatic N) is 1. The van der Waals surface area contributed by atoms with Crippen LogP contribution in [0.15, 0.2) is 28.5 Å². The number of hydrogen-bond donors (Lipinski definition) is 1. The molecule has 0 atom stereocenters. The number of amides is 1. The maximum atomic E-state index is 13.9. The number of carbonyl (C=O) groups excluding carboxylic acids is 1. The van der Waals surface area contributed by atoms with Gasteiger partial charge in [0.2, 0.25) is 5.91 Å². The van der Waals surface area contributed by atoms with Gasteiger partial charge in [0, 0.05) is 10.8 Å². The molecule has 1 amide bonds. The zero-order chi connectivity index (χ0) is 19.9. The van der Waals surface area contributed by atoms with Crippen LogP contribution in [-0.2, 0) is 20.0 Å². The summed E-state index contributed by atoms with van der Waals surface area (Å²) < 4.78 is 50.8. The lowest BCUT2D eigenvalue weighted by atomic mass is 9.93. The zero-order valence-corrected chi connectivity index (χ0v) is 16.7. The first-order chi connectivity index (χ1) is 11.8. The van der Waals surface area contributed by atoms with Crippen molar-refractivity contribution in [2.45, 2.75) is 49.7 Å². The molecule has 9 heteroatoms. The first-order valence-electron chi connectivity index (χ1n) is 7.74. The fourth-order valence-electron chi connectivity index (χ4n) is 2.00. The highest BCUT2D eigenvalue weighted by molar-refractivity contribution is 7.93. The van der Waals surface area contributed by atoms with Gasteiger partial charge in [0.1, 0.15) is 21.3 Å². The van der Waals surface area contributed by atoms with Gasteiger partial charge in [0.15, 0.2) is 15.0 Å². The van der Waals surface area contributed by atoms with Crippen LogP contribution in [0.25, 0.3) is 0 Å². The summed E-state index contributed by atoms with van der Waals surface area (Å²) in [5, 5.41) is 4.46. The molecule has 0 spiro atoms. The molecule has 26 heavy (non-hydrogen) atoms. The van der Waals surface area contributed by atoms with Gasteiger partial charge in [-0.1, -0.05) is 20.8 Å². The predicted octanol–water partition coefficient (Wildman–Crippen LogP) is 3.91. The van der Waals surface area contributed by atoms with E-state index in [0.29, 0.717) is 12.1 Å². The average Bonchev–Trinajstić information content (AvgIpc) is 2.98. The van der Waals surface area contributed by atoms with Gasteiger partial charge in [-0.2, -0.15) is 0 Å². The standard InChI is InChI=1S/C17H20F2N2O3S2/c1-16(2,3)13-9-25-15(20-13)21-14(22)17(4,5)26(23,24)12-8-10(18)6-7-11(12)19/h6-9H,1-5H3,(H,20,21,22). The highest BCUT2D eigenvalue weighted by Gasteiger charge is 2.44. The minimum absolute atomic E-state index is 0.230. The molecule has 0 aliphatic carbocycles. The van der Waals surface area contributed by atoms with Gasteiger partial charge in [-0.05, 0) is 32.0 Å². The molecule has 0 fully saturated rings. The molecule has 0 unspecified atom stereocenters. The number of anilines is 1. The number of thiazole rings is 1. The molecule has 2 rings (SSSR count). The van der Waals surface area contributed by atoms with Crippen molar-refractivity contribution in [1.82, 2.24) is 4.98 Å². The van der Waals surface area contributed by atoms with Crippen molar-refractivity contribution in [1.29, 1.82) is 0 Å². The largest absolute Gasteiger partial charge is 0.301 e. The van der Waals surface area contributed by atoms with E-state index >= 15 is 0 Å². The molecule has 1 N–H and O–H groups in total. The van der Waals surface area contributed by atoms with Crippen molar-refractivity contribution in [3.63, 3.8) is 0 Å². The van der Waals surface area contributed by atoms with E-state index < -0.39 is 37.0 Å². The highest BCUT2D eigenvalue weighted by atomic mass is 32.2. The number of sulfone groups is 1. The molecule has 0 radical (unpaired) electrons. The summed E-state index contributed by atoms with van der Waals surface area (Å²) in [5.41, 5.74) is 0.515. The van der Waals surface area contributed by atoms with Crippen molar-refractivity contribution in [3.8, 4) is 0 Å². The lowest BCUT2D eigenvalue weighted by Crippen LogP contribution is -2.44. The number of halogens is 2. The minimum atomic E-state index is -4.48. The van der Waals surface area contributed by atoms with Crippen LogP contribution in [0.2, 0.25) is 0 Å². The van der Waals surface area contributed by atoms with Crippen LogP contribution in [0.1, 0.15) is 40.3 Å². The van der Waals surface area contributed by atoms with Crippen molar-refractivity contribution >= 4 is 32.2 Å². The number of nitrogens with one attached hydrogen (secondary N) is 1. The van der Waals surface area contributed by atoms with Gasteiger partial charge in [-0.3, -0.25) is 4.79 Å². The van der Waals surface area contributed by atoms with E-state index in [2.05, 4.69) is 10.3 Å². The highest BCUT2D eigenvalue weighted by Crippen LogP contribution is 2.31. The third-order valence-electron chi connectivity index (χ3n) is 3.89. The average molecular weight is 402 g/mol. The van der Waals surface area contributed by atoms with Crippen molar-refractivity contribution in [3.05, 3.63) is 40.9 Å². The number of benzene rings is 1. The number of aromatic nitrogens is 1. The molecule has 2 aromatic rings. The molecular formula is C17H20F2N2O3S2. The Balaban J connectivity index is 2.35. The lowest BCUT2D eigenvalue weighted by Gasteiger charge is -2.23. The molecule has 0 saturated carbocycles. The molecule has 0 aliphatic heterocycles. The smallest absolute Gasteiger partial charge is 0.247 e. The monoisotopic (exact) mass is 402 g/mol. The Bertz CT molecular complexity index is 945. The molecule has 0 bridgehead atoms. The number of rotatable bonds is 4. The van der Waals surface area contributed by atoms with Crippen molar-refractivity contribution < 1.29 is 22.0 Å². The zero-order valence-electron chi connectivity index (χ0n) is 15.1. The molecule has 0 saturated heterocycles. The molecular weight excluding hydrogens is 382 g/mol. The normalized spacial score (nSPS) is 12.9. The molecule has 1 heterocycles. The van der Waals surface area contributed by atoms with E-state index in [1.165, 1.54) is 0 Å². The summed E-state index contributed by atoms with van der Waals surface area (Å²) in [5.74, 6) is -2.90. The molecule has 142 valence electrons. The van der Waals surface area contributed by atoms with Crippen LogP contribution in [0.4, 0.5) is 13.9 Å². The van der Waals surface area contributed by atoms with Crippen molar-refractivity contribution in [2.24, 2.45) is 0 Å². The molecule has 0 aliphatic rings. The predicted molar refractivity (Wildman–Crippen MR) is 97.1 cm³/mol. The SMILES string of the molecule is CC(C)(C)c1csc(NC(=O)C(C)(C)S(=O)(=O)c2cc(F)ccc2F)n1. The lowest BCUT2D eigenvalue weighted by molar-refractivity contribution is -0.117. The van der Waals surface area contributed by atoms with E-state index in [-0.39, 0.29) is 10.5 Å². The van der Waals surface area contributed by atoms with Gasteiger partial charge in [-0.15, -0.1) is 11.3 Å². The van der Waals surface area contributed by atoms with Gasteiger partial charge in [0.05, 0.1) is 5.69 Å². The van der Waals surface area contributed by atoms with E-state index in [9.17, 15) is 22.0 Å². The molecule has 1 aromatic carbocycles. The first kappa shape index (κ1) is 20.4. The summed E-state index contributed by atoms with van der Waals surface area (Å²) in [6.07, 6.45) is 0. The minimum Gasteiger partial charge on any atom is -0.301 e.